The van der Waals surface area contributed by atoms with E-state index in [0.717, 1.165) is 0 Å². The molecule has 0 aliphatic carbocycles. The largest absolute Gasteiger partial charge is 0.310 e. The molecule has 0 amide bonds. The van der Waals surface area contributed by atoms with Crippen molar-refractivity contribution in [3.63, 3.8) is 0 Å². The molecule has 0 aromatic heterocycles. The zero-order valence-corrected chi connectivity index (χ0v) is 13.1. The molecular weight excluding hydrogens is 343 g/mol. The summed E-state index contributed by atoms with van der Waals surface area (Å²) in [6.07, 6.45) is 0.177. The molecule has 5 heteroatoms. The van der Waals surface area contributed by atoms with Gasteiger partial charge in [-0.1, -0.05) is 41.1 Å². The monoisotopic (exact) mass is 357 g/mol. The first-order valence-corrected chi connectivity index (χ1v) is 7.43. The van der Waals surface area contributed by atoms with Gasteiger partial charge in [-0.15, -0.1) is 0 Å². The summed E-state index contributed by atoms with van der Waals surface area (Å²) in [6.45, 7) is 2.36. The van der Waals surface area contributed by atoms with Crippen LogP contribution in [0.4, 0.5) is 13.2 Å². The average molecular weight is 358 g/mol. The Balaban J connectivity index is 2.38. The Hall–Kier alpha value is -1.33. The third-order valence-corrected chi connectivity index (χ3v) is 3.68. The lowest BCUT2D eigenvalue weighted by molar-refractivity contribution is 0.465. The highest BCUT2D eigenvalue weighted by Gasteiger charge is 2.21. The number of rotatable bonds is 5. The molecule has 1 N–H and O–H groups in total. The molecule has 0 heterocycles. The zero-order valence-electron chi connectivity index (χ0n) is 11.5. The molecule has 0 spiro atoms. The Morgan fingerprint density at radius 1 is 1.05 bits per heavy atom. The van der Waals surface area contributed by atoms with E-state index in [2.05, 4.69) is 21.2 Å². The molecule has 0 radical (unpaired) electrons. The Labute approximate surface area is 130 Å². The van der Waals surface area contributed by atoms with Gasteiger partial charge in [-0.3, -0.25) is 0 Å². The molecule has 0 aliphatic heterocycles. The molecule has 1 atom stereocenters. The molecule has 0 saturated heterocycles. The first kappa shape index (κ1) is 16.0. The van der Waals surface area contributed by atoms with Gasteiger partial charge < -0.3 is 5.32 Å². The standard InChI is InChI=1S/C16H15BrF3N/c1-2-21-15(7-10-5-3-4-6-12(10)18)16-13(19)8-11(17)9-14(16)20/h3-6,8-9,15,21H,2,7H2,1H3. The SMILES string of the molecule is CCNC(Cc1ccccc1F)c1c(F)cc(Br)cc1F. The van der Waals surface area contributed by atoms with Gasteiger partial charge in [0.25, 0.3) is 0 Å². The van der Waals surface area contributed by atoms with E-state index >= 15 is 0 Å². The van der Waals surface area contributed by atoms with Gasteiger partial charge in [0, 0.05) is 16.1 Å². The molecule has 1 unspecified atom stereocenters. The molecule has 2 aromatic rings. The molecule has 0 fully saturated rings. The third-order valence-electron chi connectivity index (χ3n) is 3.22. The maximum Gasteiger partial charge on any atom is 0.132 e. The van der Waals surface area contributed by atoms with Crippen LogP contribution < -0.4 is 5.32 Å². The van der Waals surface area contributed by atoms with Crippen LogP contribution in [0.2, 0.25) is 0 Å². The van der Waals surface area contributed by atoms with E-state index in [9.17, 15) is 13.2 Å². The van der Waals surface area contributed by atoms with Gasteiger partial charge in [0.2, 0.25) is 0 Å². The van der Waals surface area contributed by atoms with Crippen molar-refractivity contribution < 1.29 is 13.2 Å². The number of hydrogen-bond acceptors (Lipinski definition) is 1. The predicted octanol–water partition coefficient (Wildman–Crippen LogP) is 4.76. The highest BCUT2D eigenvalue weighted by Crippen LogP contribution is 2.27. The van der Waals surface area contributed by atoms with Gasteiger partial charge in [-0.05, 0) is 36.7 Å². The number of hydrogen-bond donors (Lipinski definition) is 1. The highest BCUT2D eigenvalue weighted by atomic mass is 79.9. The van der Waals surface area contributed by atoms with Gasteiger partial charge in [-0.25, -0.2) is 13.2 Å². The van der Waals surface area contributed by atoms with Crippen LogP contribution in [0, 0.1) is 17.5 Å². The van der Waals surface area contributed by atoms with E-state index in [1.54, 1.807) is 18.2 Å². The van der Waals surface area contributed by atoms with Crippen LogP contribution in [0.25, 0.3) is 0 Å². The number of benzene rings is 2. The molecule has 2 aromatic carbocycles. The summed E-state index contributed by atoms with van der Waals surface area (Å²) in [5, 5.41) is 3.01. The third kappa shape index (κ3) is 3.86. The maximum absolute atomic E-state index is 14.1. The van der Waals surface area contributed by atoms with Crippen LogP contribution in [0.5, 0.6) is 0 Å². The molecule has 21 heavy (non-hydrogen) atoms. The van der Waals surface area contributed by atoms with E-state index in [0.29, 0.717) is 16.6 Å². The van der Waals surface area contributed by atoms with Crippen LogP contribution in [0.1, 0.15) is 24.1 Å². The van der Waals surface area contributed by atoms with Crippen molar-refractivity contribution in [2.75, 3.05) is 6.54 Å². The fraction of sp³-hybridized carbons (Fsp3) is 0.250. The Bertz CT molecular complexity index is 608. The van der Waals surface area contributed by atoms with Gasteiger partial charge in [0.15, 0.2) is 0 Å². The highest BCUT2D eigenvalue weighted by molar-refractivity contribution is 9.10. The fourth-order valence-corrected chi connectivity index (χ4v) is 2.69. The predicted molar refractivity (Wildman–Crippen MR) is 80.6 cm³/mol. The van der Waals surface area contributed by atoms with Crippen molar-refractivity contribution in [2.45, 2.75) is 19.4 Å². The Kier molecular flexibility index (Phi) is 5.42. The van der Waals surface area contributed by atoms with Crippen LogP contribution in [-0.2, 0) is 6.42 Å². The number of nitrogens with one attached hydrogen (secondary N) is 1. The quantitative estimate of drug-likeness (QED) is 0.813. The van der Waals surface area contributed by atoms with Crippen molar-refractivity contribution in [3.8, 4) is 0 Å². The van der Waals surface area contributed by atoms with E-state index in [1.165, 1.54) is 18.2 Å². The lowest BCUT2D eigenvalue weighted by Gasteiger charge is -2.20. The second kappa shape index (κ2) is 7.09. The fourth-order valence-electron chi connectivity index (χ4n) is 2.29. The smallest absolute Gasteiger partial charge is 0.132 e. The van der Waals surface area contributed by atoms with Crippen molar-refractivity contribution in [1.29, 1.82) is 0 Å². The molecule has 0 saturated carbocycles. The molecule has 0 bridgehead atoms. The Morgan fingerprint density at radius 3 is 2.24 bits per heavy atom. The molecular formula is C16H15BrF3N. The maximum atomic E-state index is 14.1. The van der Waals surface area contributed by atoms with Crippen LogP contribution in [-0.4, -0.2) is 6.54 Å². The Morgan fingerprint density at radius 2 is 1.67 bits per heavy atom. The van der Waals surface area contributed by atoms with E-state index in [-0.39, 0.29) is 17.8 Å². The number of halogens is 4. The minimum Gasteiger partial charge on any atom is -0.310 e. The van der Waals surface area contributed by atoms with E-state index in [1.807, 2.05) is 6.92 Å². The summed E-state index contributed by atoms with van der Waals surface area (Å²) >= 11 is 3.05. The molecule has 1 nitrogen and oxygen atoms in total. The molecule has 112 valence electrons. The van der Waals surface area contributed by atoms with Crippen LogP contribution >= 0.6 is 15.9 Å². The topological polar surface area (TPSA) is 12.0 Å². The first-order chi connectivity index (χ1) is 10.0. The lowest BCUT2D eigenvalue weighted by Crippen LogP contribution is -2.25. The molecule has 2 rings (SSSR count). The van der Waals surface area contributed by atoms with E-state index in [4.69, 9.17) is 0 Å². The van der Waals surface area contributed by atoms with Crippen molar-refractivity contribution in [2.24, 2.45) is 0 Å². The number of likely N-dealkylation sites (N-methyl/N-ethyl adjacent to an activating group) is 1. The van der Waals surface area contributed by atoms with Crippen LogP contribution in [0.3, 0.4) is 0 Å². The summed E-state index contributed by atoms with van der Waals surface area (Å²) in [5.41, 5.74) is 0.355. The van der Waals surface area contributed by atoms with E-state index < -0.39 is 17.7 Å². The normalized spacial score (nSPS) is 12.4. The summed E-state index contributed by atoms with van der Waals surface area (Å²) < 4.78 is 42.3. The van der Waals surface area contributed by atoms with Gasteiger partial charge in [-0.2, -0.15) is 0 Å². The van der Waals surface area contributed by atoms with Crippen molar-refractivity contribution >= 4 is 15.9 Å². The van der Waals surface area contributed by atoms with Crippen molar-refractivity contribution in [1.82, 2.24) is 5.32 Å². The summed E-state index contributed by atoms with van der Waals surface area (Å²) in [7, 11) is 0. The van der Waals surface area contributed by atoms with Gasteiger partial charge in [0.1, 0.15) is 17.5 Å². The minimum absolute atomic E-state index is 0.0664. The second-order valence-corrected chi connectivity index (χ2v) is 5.60. The second-order valence-electron chi connectivity index (χ2n) is 4.69. The lowest BCUT2D eigenvalue weighted by atomic mass is 9.97. The summed E-state index contributed by atoms with van der Waals surface area (Å²) in [6, 6.07) is 8.05. The summed E-state index contributed by atoms with van der Waals surface area (Å²) in [5.74, 6) is -1.67. The minimum atomic E-state index is -0.649. The molecule has 0 aliphatic rings. The van der Waals surface area contributed by atoms with Crippen LogP contribution in [0.15, 0.2) is 40.9 Å². The van der Waals surface area contributed by atoms with Gasteiger partial charge >= 0.3 is 0 Å². The average Bonchev–Trinajstić information content (AvgIpc) is 2.40. The van der Waals surface area contributed by atoms with Gasteiger partial charge in [0.05, 0.1) is 0 Å². The van der Waals surface area contributed by atoms with Crippen molar-refractivity contribution in [3.05, 3.63) is 69.4 Å². The summed E-state index contributed by atoms with van der Waals surface area (Å²) in [4.78, 5) is 0. The first-order valence-electron chi connectivity index (χ1n) is 6.64. The zero-order chi connectivity index (χ0) is 15.4.